The molecule has 2 rings (SSSR count). The van der Waals surface area contributed by atoms with E-state index in [0.717, 1.165) is 29.6 Å². The van der Waals surface area contributed by atoms with Crippen molar-refractivity contribution in [2.75, 3.05) is 0 Å². The Kier molecular flexibility index (Phi) is 5.34. The number of fused-ring (bicyclic) bond motifs is 1. The second-order valence-corrected chi connectivity index (χ2v) is 4.20. The number of nitrogens with one attached hydrogen (secondary N) is 1. The molecule has 2 aromatic rings. The van der Waals surface area contributed by atoms with E-state index in [1.165, 1.54) is 10.9 Å². The number of aliphatic carboxylic acids is 1. The van der Waals surface area contributed by atoms with E-state index in [1.54, 1.807) is 0 Å². The van der Waals surface area contributed by atoms with Crippen LogP contribution < -0.4 is 0 Å². The topological polar surface area (TPSA) is 53.1 Å². The fourth-order valence-electron chi connectivity index (χ4n) is 2.44. The van der Waals surface area contributed by atoms with Gasteiger partial charge in [0.1, 0.15) is 0 Å². The van der Waals surface area contributed by atoms with Crippen LogP contribution >= 0.6 is 0 Å². The first-order chi connectivity index (χ1) is 8.17. The number of benzene rings is 1. The number of carbonyl (C=O) groups is 1. The van der Waals surface area contributed by atoms with Crippen LogP contribution in [0.4, 0.5) is 0 Å². The number of carboxylic acids is 1. The molecule has 0 saturated carbocycles. The van der Waals surface area contributed by atoms with Gasteiger partial charge < -0.3 is 10.1 Å². The molecule has 0 radical (unpaired) electrons. The Morgan fingerprint density at radius 3 is 2.56 bits per heavy atom. The van der Waals surface area contributed by atoms with Gasteiger partial charge in [-0.25, -0.2) is 0 Å². The van der Waals surface area contributed by atoms with Gasteiger partial charge in [0.25, 0.3) is 0 Å². The van der Waals surface area contributed by atoms with Crippen molar-refractivity contribution in [2.24, 2.45) is 0 Å². The van der Waals surface area contributed by atoms with E-state index < -0.39 is 5.97 Å². The maximum absolute atomic E-state index is 10.8. The molecule has 0 bridgehead atoms. The van der Waals surface area contributed by atoms with Gasteiger partial charge in [-0.15, -0.1) is 0 Å². The van der Waals surface area contributed by atoms with Crippen LogP contribution in [-0.2, 0) is 50.3 Å². The van der Waals surface area contributed by atoms with Crippen LogP contribution in [0.1, 0.15) is 30.7 Å². The van der Waals surface area contributed by atoms with Crippen molar-refractivity contribution in [3.63, 3.8) is 0 Å². The predicted octanol–water partition coefficient (Wildman–Crippen LogP) is 2.92. The fraction of sp³-hybridized carbons (Fsp3) is 0.357. The third-order valence-corrected chi connectivity index (χ3v) is 3.16. The van der Waals surface area contributed by atoms with Gasteiger partial charge in [0.2, 0.25) is 0 Å². The molecule has 0 saturated heterocycles. The number of aryl methyl sites for hydroxylation is 2. The van der Waals surface area contributed by atoms with Crippen molar-refractivity contribution >= 4 is 16.9 Å². The van der Waals surface area contributed by atoms with Crippen LogP contribution in [0, 0.1) is 0 Å². The molecule has 4 heteroatoms. The van der Waals surface area contributed by atoms with E-state index in [0.29, 0.717) is 0 Å². The molecule has 0 amide bonds. The van der Waals surface area contributed by atoms with Crippen molar-refractivity contribution < 1.29 is 36.1 Å². The van der Waals surface area contributed by atoms with E-state index in [4.69, 9.17) is 5.11 Å². The number of hydrogen-bond acceptors (Lipinski definition) is 1. The monoisotopic (exact) mass is 321 g/mol. The number of rotatable bonds is 4. The molecule has 1 aromatic heterocycles. The summed E-state index contributed by atoms with van der Waals surface area (Å²) in [6.07, 6.45) is 1.90. The average molecular weight is 323 g/mol. The minimum atomic E-state index is -0.788. The zero-order chi connectivity index (χ0) is 12.4. The summed E-state index contributed by atoms with van der Waals surface area (Å²) in [5, 5.41) is 10.1. The van der Waals surface area contributed by atoms with Crippen molar-refractivity contribution in [3.8, 4) is 0 Å². The molecule has 0 aliphatic carbocycles. The summed E-state index contributed by atoms with van der Waals surface area (Å²) in [5.74, 6) is -0.788. The van der Waals surface area contributed by atoms with E-state index in [-0.39, 0.29) is 32.6 Å². The number of aromatic amines is 1. The standard InChI is InChI=1S/C14H17NO2.Zr/c1-3-9-6-5-7-11-14(9)10(4-2)12(15-11)8-13(16)17;/h5-7,15H,3-4,8H2,1-2H3,(H,16,17);. The Hall–Kier alpha value is -0.887. The van der Waals surface area contributed by atoms with Gasteiger partial charge in [0.05, 0.1) is 6.42 Å². The van der Waals surface area contributed by atoms with Crippen LogP contribution in [0.2, 0.25) is 0 Å². The average Bonchev–Trinajstić information content (AvgIpc) is 2.64. The third-order valence-electron chi connectivity index (χ3n) is 3.16. The quantitative estimate of drug-likeness (QED) is 0.909. The predicted molar refractivity (Wildman–Crippen MR) is 68.4 cm³/mol. The SMILES string of the molecule is CCc1cccc2[nH]c(CC(=O)O)c(CC)c12.[Zr]. The zero-order valence-corrected chi connectivity index (χ0v) is 13.2. The number of hydrogen-bond donors (Lipinski definition) is 2. The minimum Gasteiger partial charge on any atom is -0.481 e. The summed E-state index contributed by atoms with van der Waals surface area (Å²) in [5.41, 5.74) is 4.33. The summed E-state index contributed by atoms with van der Waals surface area (Å²) in [7, 11) is 0. The minimum absolute atomic E-state index is 0. The molecule has 1 aromatic carbocycles. The Morgan fingerprint density at radius 2 is 2.00 bits per heavy atom. The summed E-state index contributed by atoms with van der Waals surface area (Å²) < 4.78 is 0. The van der Waals surface area contributed by atoms with Crippen LogP contribution in [0.5, 0.6) is 0 Å². The first kappa shape index (κ1) is 15.2. The van der Waals surface area contributed by atoms with Gasteiger partial charge >= 0.3 is 5.97 Å². The largest absolute Gasteiger partial charge is 0.481 e. The number of H-pyrrole nitrogens is 1. The molecule has 1 heterocycles. The molecule has 18 heavy (non-hydrogen) atoms. The summed E-state index contributed by atoms with van der Waals surface area (Å²) in [6, 6.07) is 6.14. The van der Waals surface area contributed by atoms with Gasteiger partial charge in [-0.05, 0) is 30.0 Å². The summed E-state index contributed by atoms with van der Waals surface area (Å²) in [6.45, 7) is 4.19. The molecule has 0 aliphatic heterocycles. The van der Waals surface area contributed by atoms with Gasteiger partial charge in [0, 0.05) is 42.8 Å². The van der Waals surface area contributed by atoms with Crippen molar-refractivity contribution in [1.29, 1.82) is 0 Å². The second-order valence-electron chi connectivity index (χ2n) is 4.20. The first-order valence-corrected chi connectivity index (χ1v) is 6.00. The van der Waals surface area contributed by atoms with E-state index in [9.17, 15) is 4.79 Å². The Morgan fingerprint density at radius 1 is 1.28 bits per heavy atom. The molecule has 3 nitrogen and oxygen atoms in total. The van der Waals surface area contributed by atoms with Gasteiger partial charge in [-0.2, -0.15) is 0 Å². The maximum atomic E-state index is 10.8. The molecule has 2 N–H and O–H groups in total. The Balaban J connectivity index is 0.00000162. The van der Waals surface area contributed by atoms with Crippen LogP contribution in [0.15, 0.2) is 18.2 Å². The van der Waals surface area contributed by atoms with Crippen LogP contribution in [0.25, 0.3) is 10.9 Å². The van der Waals surface area contributed by atoms with Crippen molar-refractivity contribution in [2.45, 2.75) is 33.1 Å². The smallest absolute Gasteiger partial charge is 0.309 e. The number of aromatic nitrogens is 1. The molecule has 0 atom stereocenters. The Bertz CT molecular complexity index is 560. The molecule has 0 fully saturated rings. The number of carboxylic acid groups (broad SMARTS) is 1. The molecule has 0 aliphatic rings. The van der Waals surface area contributed by atoms with E-state index in [1.807, 2.05) is 12.1 Å². The Labute approximate surface area is 126 Å². The van der Waals surface area contributed by atoms with Crippen molar-refractivity contribution in [1.82, 2.24) is 4.98 Å². The van der Waals surface area contributed by atoms with Gasteiger partial charge in [-0.3, -0.25) is 4.79 Å². The fourth-order valence-corrected chi connectivity index (χ4v) is 2.44. The molecule has 0 spiro atoms. The van der Waals surface area contributed by atoms with Gasteiger partial charge in [0.15, 0.2) is 0 Å². The third kappa shape index (κ3) is 2.75. The van der Waals surface area contributed by atoms with Crippen LogP contribution in [-0.4, -0.2) is 16.1 Å². The molecular formula is C14H17NO2Zr. The zero-order valence-electron chi connectivity index (χ0n) is 10.7. The van der Waals surface area contributed by atoms with Crippen molar-refractivity contribution in [3.05, 3.63) is 35.0 Å². The second kappa shape index (κ2) is 6.33. The van der Waals surface area contributed by atoms with E-state index >= 15 is 0 Å². The summed E-state index contributed by atoms with van der Waals surface area (Å²) in [4.78, 5) is 14.1. The normalized spacial score (nSPS) is 10.3. The molecular weight excluding hydrogens is 305 g/mol. The van der Waals surface area contributed by atoms with E-state index in [2.05, 4.69) is 24.9 Å². The summed E-state index contributed by atoms with van der Waals surface area (Å²) >= 11 is 0. The molecule has 94 valence electrons. The molecule has 0 unspecified atom stereocenters. The van der Waals surface area contributed by atoms with Crippen LogP contribution in [0.3, 0.4) is 0 Å². The maximum Gasteiger partial charge on any atom is 0.309 e. The van der Waals surface area contributed by atoms with Gasteiger partial charge in [-0.1, -0.05) is 26.0 Å². The first-order valence-electron chi connectivity index (χ1n) is 6.00.